The van der Waals surface area contributed by atoms with Crippen molar-refractivity contribution in [1.82, 2.24) is 5.32 Å². The summed E-state index contributed by atoms with van der Waals surface area (Å²) in [6.45, 7) is 0. The lowest BCUT2D eigenvalue weighted by atomic mass is 9.97. The maximum Gasteiger partial charge on any atom is 0.241 e. The van der Waals surface area contributed by atoms with Gasteiger partial charge in [-0.1, -0.05) is 12.1 Å². The molecule has 2 rings (SSSR count). The predicted molar refractivity (Wildman–Crippen MR) is 64.4 cm³/mol. The van der Waals surface area contributed by atoms with Gasteiger partial charge in [-0.3, -0.25) is 9.59 Å². The van der Waals surface area contributed by atoms with Crippen LogP contribution in [0, 0.1) is 0 Å². The van der Waals surface area contributed by atoms with Crippen LogP contribution in [-0.4, -0.2) is 18.9 Å². The lowest BCUT2D eigenvalue weighted by Gasteiger charge is -2.19. The molecule has 1 aromatic rings. The molecular formula is C12H15N3O2. The Morgan fingerprint density at radius 1 is 1.47 bits per heavy atom. The van der Waals surface area contributed by atoms with E-state index in [1.165, 1.54) is 0 Å². The van der Waals surface area contributed by atoms with E-state index in [4.69, 9.17) is 5.73 Å². The molecule has 0 aromatic heterocycles. The third-order valence-electron chi connectivity index (χ3n) is 2.91. The maximum atomic E-state index is 11.4. The number of fused-ring (bicyclic) bond motifs is 1. The number of carbonyl (C=O) groups excluding carboxylic acids is 2. The Hall–Kier alpha value is -1.88. The lowest BCUT2D eigenvalue weighted by Crippen LogP contribution is -2.31. The standard InChI is InChI=1S/C12H15N3O2/c1-14-12(17)11(13)8-2-4-9-7(6-8)3-5-10(16)15-9/h2,4,6,11H,3,5,13H2,1H3,(H,14,17)(H,15,16). The average molecular weight is 233 g/mol. The Morgan fingerprint density at radius 3 is 2.94 bits per heavy atom. The lowest BCUT2D eigenvalue weighted by molar-refractivity contribution is -0.122. The van der Waals surface area contributed by atoms with Gasteiger partial charge >= 0.3 is 0 Å². The van der Waals surface area contributed by atoms with Crippen LogP contribution in [0.5, 0.6) is 0 Å². The van der Waals surface area contributed by atoms with E-state index in [1.54, 1.807) is 19.2 Å². The molecular weight excluding hydrogens is 218 g/mol. The fourth-order valence-electron chi connectivity index (χ4n) is 1.90. The van der Waals surface area contributed by atoms with Gasteiger partial charge in [-0.05, 0) is 23.6 Å². The van der Waals surface area contributed by atoms with Crippen molar-refractivity contribution < 1.29 is 9.59 Å². The molecule has 5 nitrogen and oxygen atoms in total. The van der Waals surface area contributed by atoms with E-state index in [0.29, 0.717) is 12.8 Å². The van der Waals surface area contributed by atoms with Gasteiger partial charge in [-0.25, -0.2) is 0 Å². The summed E-state index contributed by atoms with van der Waals surface area (Å²) < 4.78 is 0. The minimum absolute atomic E-state index is 0.0286. The SMILES string of the molecule is CNC(=O)C(N)c1ccc2c(c1)CCC(=O)N2. The zero-order chi connectivity index (χ0) is 12.4. The van der Waals surface area contributed by atoms with Crippen molar-refractivity contribution in [2.24, 2.45) is 5.73 Å². The predicted octanol–water partition coefficient (Wildman–Crippen LogP) is 0.317. The number of aryl methyl sites for hydroxylation is 1. The first-order chi connectivity index (χ1) is 8.11. The monoisotopic (exact) mass is 233 g/mol. The summed E-state index contributed by atoms with van der Waals surface area (Å²) in [6, 6.07) is 4.78. The minimum Gasteiger partial charge on any atom is -0.358 e. The van der Waals surface area contributed by atoms with Crippen LogP contribution >= 0.6 is 0 Å². The molecule has 90 valence electrons. The first-order valence-corrected chi connectivity index (χ1v) is 5.51. The van der Waals surface area contributed by atoms with E-state index in [0.717, 1.165) is 16.8 Å². The van der Waals surface area contributed by atoms with Gasteiger partial charge in [0.05, 0.1) is 0 Å². The molecule has 1 aliphatic rings. The third-order valence-corrected chi connectivity index (χ3v) is 2.91. The second-order valence-corrected chi connectivity index (χ2v) is 4.06. The second-order valence-electron chi connectivity index (χ2n) is 4.06. The summed E-state index contributed by atoms with van der Waals surface area (Å²) in [5.41, 5.74) is 8.42. The molecule has 5 heteroatoms. The molecule has 0 aliphatic carbocycles. The summed E-state index contributed by atoms with van der Waals surface area (Å²) >= 11 is 0. The van der Waals surface area contributed by atoms with Crippen molar-refractivity contribution in [3.63, 3.8) is 0 Å². The van der Waals surface area contributed by atoms with E-state index < -0.39 is 6.04 Å². The van der Waals surface area contributed by atoms with Crippen LogP contribution in [0.15, 0.2) is 18.2 Å². The zero-order valence-corrected chi connectivity index (χ0v) is 9.62. The van der Waals surface area contributed by atoms with Gasteiger partial charge in [0.1, 0.15) is 6.04 Å². The fraction of sp³-hybridized carbons (Fsp3) is 0.333. The van der Waals surface area contributed by atoms with Crippen molar-refractivity contribution >= 4 is 17.5 Å². The summed E-state index contributed by atoms with van der Waals surface area (Å²) in [4.78, 5) is 22.6. The smallest absolute Gasteiger partial charge is 0.241 e. The van der Waals surface area contributed by atoms with Crippen molar-refractivity contribution in [1.29, 1.82) is 0 Å². The van der Waals surface area contributed by atoms with E-state index >= 15 is 0 Å². The molecule has 0 spiro atoms. The van der Waals surface area contributed by atoms with Gasteiger partial charge in [-0.2, -0.15) is 0 Å². The first-order valence-electron chi connectivity index (χ1n) is 5.51. The van der Waals surface area contributed by atoms with Crippen LogP contribution < -0.4 is 16.4 Å². The molecule has 0 saturated heterocycles. The van der Waals surface area contributed by atoms with Gasteiger partial charge in [0.15, 0.2) is 0 Å². The van der Waals surface area contributed by atoms with Crippen LogP contribution in [0.25, 0.3) is 0 Å². The summed E-state index contributed by atoms with van der Waals surface area (Å²) in [5, 5.41) is 5.31. The van der Waals surface area contributed by atoms with E-state index in [1.807, 2.05) is 6.07 Å². The van der Waals surface area contributed by atoms with E-state index in [9.17, 15) is 9.59 Å². The minimum atomic E-state index is -0.664. The maximum absolute atomic E-state index is 11.4. The average Bonchev–Trinajstić information content (AvgIpc) is 2.36. The molecule has 2 amide bonds. The van der Waals surface area contributed by atoms with E-state index in [2.05, 4.69) is 10.6 Å². The number of hydrogen-bond acceptors (Lipinski definition) is 3. The number of carbonyl (C=O) groups is 2. The third kappa shape index (κ3) is 2.29. The van der Waals surface area contributed by atoms with Crippen molar-refractivity contribution in [3.05, 3.63) is 29.3 Å². The Labute approximate surface area is 99.4 Å². The molecule has 1 heterocycles. The number of rotatable bonds is 2. The van der Waals surface area contributed by atoms with Gasteiger partial charge in [0.2, 0.25) is 11.8 Å². The topological polar surface area (TPSA) is 84.2 Å². The van der Waals surface area contributed by atoms with Crippen LogP contribution in [-0.2, 0) is 16.0 Å². The fourth-order valence-corrected chi connectivity index (χ4v) is 1.90. The summed E-state index contributed by atoms with van der Waals surface area (Å²) in [7, 11) is 1.56. The number of benzene rings is 1. The molecule has 1 aromatic carbocycles. The quantitative estimate of drug-likeness (QED) is 0.687. The first kappa shape index (κ1) is 11.6. The van der Waals surface area contributed by atoms with Gasteiger partial charge in [0.25, 0.3) is 0 Å². The van der Waals surface area contributed by atoms with Crippen LogP contribution in [0.2, 0.25) is 0 Å². The van der Waals surface area contributed by atoms with Gasteiger partial charge in [-0.15, -0.1) is 0 Å². The molecule has 0 fully saturated rings. The second kappa shape index (κ2) is 4.55. The van der Waals surface area contributed by atoms with Gasteiger partial charge in [0, 0.05) is 19.2 Å². The molecule has 0 bridgehead atoms. The summed E-state index contributed by atoms with van der Waals surface area (Å²) in [5.74, 6) is -0.189. The molecule has 1 aliphatic heterocycles. The molecule has 0 radical (unpaired) electrons. The van der Waals surface area contributed by atoms with Crippen LogP contribution in [0.1, 0.15) is 23.6 Å². The molecule has 1 unspecified atom stereocenters. The number of anilines is 1. The molecule has 17 heavy (non-hydrogen) atoms. The largest absolute Gasteiger partial charge is 0.358 e. The normalized spacial score (nSPS) is 15.8. The number of nitrogens with one attached hydrogen (secondary N) is 2. The Bertz CT molecular complexity index is 471. The molecule has 4 N–H and O–H groups in total. The highest BCUT2D eigenvalue weighted by Gasteiger charge is 2.19. The Balaban J connectivity index is 2.28. The number of hydrogen-bond donors (Lipinski definition) is 3. The van der Waals surface area contributed by atoms with Gasteiger partial charge < -0.3 is 16.4 Å². The molecule has 1 atom stereocenters. The Kier molecular flexibility index (Phi) is 3.10. The summed E-state index contributed by atoms with van der Waals surface area (Å²) in [6.07, 6.45) is 1.17. The van der Waals surface area contributed by atoms with Crippen LogP contribution in [0.4, 0.5) is 5.69 Å². The number of likely N-dealkylation sites (N-methyl/N-ethyl adjacent to an activating group) is 1. The van der Waals surface area contributed by atoms with Crippen LogP contribution in [0.3, 0.4) is 0 Å². The number of amides is 2. The van der Waals surface area contributed by atoms with Crippen molar-refractivity contribution in [2.45, 2.75) is 18.9 Å². The molecule has 0 saturated carbocycles. The zero-order valence-electron chi connectivity index (χ0n) is 9.62. The Morgan fingerprint density at radius 2 is 2.24 bits per heavy atom. The van der Waals surface area contributed by atoms with Crippen molar-refractivity contribution in [2.75, 3.05) is 12.4 Å². The highest BCUT2D eigenvalue weighted by molar-refractivity contribution is 5.94. The van der Waals surface area contributed by atoms with E-state index in [-0.39, 0.29) is 11.8 Å². The van der Waals surface area contributed by atoms with Crippen molar-refractivity contribution in [3.8, 4) is 0 Å². The number of nitrogens with two attached hydrogens (primary N) is 1. The highest BCUT2D eigenvalue weighted by Crippen LogP contribution is 2.25. The highest BCUT2D eigenvalue weighted by atomic mass is 16.2.